The SMILES string of the molecule is CCOCc1ccccc1CNC1CC(C(C)C)C1. The maximum atomic E-state index is 5.53. The van der Waals surface area contributed by atoms with Gasteiger partial charge in [0.1, 0.15) is 0 Å². The van der Waals surface area contributed by atoms with E-state index in [-0.39, 0.29) is 0 Å². The van der Waals surface area contributed by atoms with Gasteiger partial charge < -0.3 is 10.1 Å². The summed E-state index contributed by atoms with van der Waals surface area (Å²) in [4.78, 5) is 0. The zero-order valence-electron chi connectivity index (χ0n) is 12.5. The normalized spacial score (nSPS) is 22.5. The van der Waals surface area contributed by atoms with Crippen LogP contribution >= 0.6 is 0 Å². The van der Waals surface area contributed by atoms with Crippen molar-refractivity contribution in [1.29, 1.82) is 0 Å². The van der Waals surface area contributed by atoms with Crippen LogP contribution < -0.4 is 5.32 Å². The Hall–Kier alpha value is -0.860. The lowest BCUT2D eigenvalue weighted by Crippen LogP contribution is -2.42. The molecule has 0 spiro atoms. The van der Waals surface area contributed by atoms with E-state index in [1.54, 1.807) is 0 Å². The summed E-state index contributed by atoms with van der Waals surface area (Å²) in [6.45, 7) is 9.19. The second-order valence-electron chi connectivity index (χ2n) is 5.96. The highest BCUT2D eigenvalue weighted by Gasteiger charge is 2.30. The Balaban J connectivity index is 1.80. The van der Waals surface area contributed by atoms with Crippen LogP contribution in [0.3, 0.4) is 0 Å². The lowest BCUT2D eigenvalue weighted by atomic mass is 9.73. The van der Waals surface area contributed by atoms with E-state index < -0.39 is 0 Å². The van der Waals surface area contributed by atoms with E-state index in [1.165, 1.54) is 24.0 Å². The van der Waals surface area contributed by atoms with Gasteiger partial charge >= 0.3 is 0 Å². The number of benzene rings is 1. The van der Waals surface area contributed by atoms with E-state index in [1.807, 2.05) is 6.92 Å². The van der Waals surface area contributed by atoms with E-state index in [9.17, 15) is 0 Å². The minimum Gasteiger partial charge on any atom is -0.377 e. The van der Waals surface area contributed by atoms with E-state index >= 15 is 0 Å². The van der Waals surface area contributed by atoms with Crippen LogP contribution in [0.5, 0.6) is 0 Å². The fourth-order valence-corrected chi connectivity index (χ4v) is 2.71. The maximum Gasteiger partial charge on any atom is 0.0719 e. The van der Waals surface area contributed by atoms with Gasteiger partial charge in [0.2, 0.25) is 0 Å². The molecule has 0 aliphatic heterocycles. The van der Waals surface area contributed by atoms with E-state index in [0.29, 0.717) is 6.04 Å². The molecule has 106 valence electrons. The molecule has 1 aliphatic carbocycles. The van der Waals surface area contributed by atoms with Crippen molar-refractivity contribution in [2.45, 2.75) is 52.8 Å². The molecular weight excluding hydrogens is 234 g/mol. The van der Waals surface area contributed by atoms with Crippen molar-refractivity contribution in [3.63, 3.8) is 0 Å². The van der Waals surface area contributed by atoms with Gasteiger partial charge in [-0.1, -0.05) is 38.1 Å². The molecule has 1 aromatic rings. The minimum atomic E-state index is 0.715. The average molecular weight is 261 g/mol. The molecule has 0 bridgehead atoms. The molecule has 2 heteroatoms. The van der Waals surface area contributed by atoms with Gasteiger partial charge in [-0.2, -0.15) is 0 Å². The van der Waals surface area contributed by atoms with Crippen molar-refractivity contribution in [1.82, 2.24) is 5.32 Å². The Kier molecular flexibility index (Phi) is 5.41. The molecule has 0 aromatic heterocycles. The van der Waals surface area contributed by atoms with E-state index in [0.717, 1.165) is 31.6 Å². The largest absolute Gasteiger partial charge is 0.377 e. The van der Waals surface area contributed by atoms with Crippen LogP contribution in [0.2, 0.25) is 0 Å². The third-order valence-electron chi connectivity index (χ3n) is 4.28. The van der Waals surface area contributed by atoms with Crippen LogP contribution in [0.15, 0.2) is 24.3 Å². The summed E-state index contributed by atoms with van der Waals surface area (Å²) in [6, 6.07) is 9.30. The molecule has 0 atom stereocenters. The van der Waals surface area contributed by atoms with Crippen molar-refractivity contribution >= 4 is 0 Å². The lowest BCUT2D eigenvalue weighted by Gasteiger charge is -2.38. The third kappa shape index (κ3) is 4.05. The van der Waals surface area contributed by atoms with Crippen molar-refractivity contribution in [2.75, 3.05) is 6.61 Å². The smallest absolute Gasteiger partial charge is 0.0719 e. The second-order valence-corrected chi connectivity index (χ2v) is 5.96. The molecule has 0 unspecified atom stereocenters. The number of nitrogens with one attached hydrogen (secondary N) is 1. The molecule has 1 fully saturated rings. The molecule has 2 nitrogen and oxygen atoms in total. The zero-order valence-corrected chi connectivity index (χ0v) is 12.5. The molecule has 1 aliphatic rings. The van der Waals surface area contributed by atoms with Gasteiger partial charge in [0.05, 0.1) is 6.61 Å². The summed E-state index contributed by atoms with van der Waals surface area (Å²) in [5.74, 6) is 1.76. The first-order chi connectivity index (χ1) is 9.20. The molecule has 1 aromatic carbocycles. The van der Waals surface area contributed by atoms with Gasteiger partial charge in [-0.05, 0) is 42.7 Å². The molecular formula is C17H27NO. The highest BCUT2D eigenvalue weighted by molar-refractivity contribution is 5.26. The quantitative estimate of drug-likeness (QED) is 0.807. The van der Waals surface area contributed by atoms with Gasteiger partial charge in [-0.25, -0.2) is 0 Å². The van der Waals surface area contributed by atoms with Crippen molar-refractivity contribution in [2.24, 2.45) is 11.8 Å². The summed E-state index contributed by atoms with van der Waals surface area (Å²) in [7, 11) is 0. The van der Waals surface area contributed by atoms with Gasteiger partial charge in [0.15, 0.2) is 0 Å². The molecule has 1 N–H and O–H groups in total. The number of rotatable bonds is 7. The van der Waals surface area contributed by atoms with Crippen LogP contribution in [0.4, 0.5) is 0 Å². The van der Waals surface area contributed by atoms with Crippen LogP contribution in [-0.4, -0.2) is 12.6 Å². The molecule has 0 radical (unpaired) electrons. The van der Waals surface area contributed by atoms with Crippen LogP contribution in [0.25, 0.3) is 0 Å². The summed E-state index contributed by atoms with van der Waals surface area (Å²) < 4.78 is 5.53. The standard InChI is InChI=1S/C17H27NO/c1-4-19-12-15-8-6-5-7-14(15)11-18-17-9-16(10-17)13(2)3/h5-8,13,16-18H,4,9-12H2,1-3H3. The summed E-state index contributed by atoms with van der Waals surface area (Å²) >= 11 is 0. The highest BCUT2D eigenvalue weighted by atomic mass is 16.5. The van der Waals surface area contributed by atoms with E-state index in [2.05, 4.69) is 43.4 Å². The Morgan fingerprint density at radius 2 is 1.89 bits per heavy atom. The van der Waals surface area contributed by atoms with Crippen LogP contribution in [0, 0.1) is 11.8 Å². The number of ether oxygens (including phenoxy) is 1. The first-order valence-corrected chi connectivity index (χ1v) is 7.58. The molecule has 0 heterocycles. The topological polar surface area (TPSA) is 21.3 Å². The highest BCUT2D eigenvalue weighted by Crippen LogP contribution is 2.33. The monoisotopic (exact) mass is 261 g/mol. The minimum absolute atomic E-state index is 0.715. The first-order valence-electron chi connectivity index (χ1n) is 7.58. The summed E-state index contributed by atoms with van der Waals surface area (Å²) in [5, 5.41) is 3.68. The van der Waals surface area contributed by atoms with Gasteiger partial charge in [0, 0.05) is 19.2 Å². The predicted molar refractivity (Wildman–Crippen MR) is 80.0 cm³/mol. The van der Waals surface area contributed by atoms with Crippen molar-refractivity contribution < 1.29 is 4.74 Å². The van der Waals surface area contributed by atoms with E-state index in [4.69, 9.17) is 4.74 Å². The van der Waals surface area contributed by atoms with Crippen molar-refractivity contribution in [3.8, 4) is 0 Å². The van der Waals surface area contributed by atoms with Crippen LogP contribution in [-0.2, 0) is 17.9 Å². The Morgan fingerprint density at radius 3 is 2.53 bits per heavy atom. The molecule has 0 saturated heterocycles. The average Bonchev–Trinajstić information content (AvgIpc) is 2.35. The molecule has 19 heavy (non-hydrogen) atoms. The lowest BCUT2D eigenvalue weighted by molar-refractivity contribution is 0.133. The third-order valence-corrected chi connectivity index (χ3v) is 4.28. The fraction of sp³-hybridized carbons (Fsp3) is 0.647. The summed E-state index contributed by atoms with van der Waals surface area (Å²) in [5.41, 5.74) is 2.69. The maximum absolute atomic E-state index is 5.53. The molecule has 1 saturated carbocycles. The van der Waals surface area contributed by atoms with Crippen molar-refractivity contribution in [3.05, 3.63) is 35.4 Å². The molecule has 2 rings (SSSR count). The number of hydrogen-bond donors (Lipinski definition) is 1. The van der Waals surface area contributed by atoms with Gasteiger partial charge in [-0.3, -0.25) is 0 Å². The first kappa shape index (κ1) is 14.5. The zero-order chi connectivity index (χ0) is 13.7. The predicted octanol–water partition coefficient (Wildman–Crippen LogP) is 3.75. The van der Waals surface area contributed by atoms with Crippen LogP contribution in [0.1, 0.15) is 44.7 Å². The fourth-order valence-electron chi connectivity index (χ4n) is 2.71. The number of hydrogen-bond acceptors (Lipinski definition) is 2. The van der Waals surface area contributed by atoms with Gasteiger partial charge in [0.25, 0.3) is 0 Å². The Morgan fingerprint density at radius 1 is 1.21 bits per heavy atom. The Labute approximate surface area is 117 Å². The summed E-state index contributed by atoms with van der Waals surface area (Å²) in [6.07, 6.45) is 2.68. The Bertz CT molecular complexity index is 383. The van der Waals surface area contributed by atoms with Gasteiger partial charge in [-0.15, -0.1) is 0 Å². The molecule has 0 amide bonds. The second kappa shape index (κ2) is 7.06.